The fraction of sp³-hybridized carbons (Fsp3) is 0.722. The standard InChI is InChI=1S/C18H30N4OS/c1-18(2)6-7-22(14-18)17(19-3)20-13-15(16-5-4-12-24-16)21-8-10-23-11-9-21/h4-5,12,15H,6-11,13-14H2,1-3H3,(H,19,20). The van der Waals surface area contributed by atoms with Gasteiger partial charge < -0.3 is 15.0 Å². The van der Waals surface area contributed by atoms with Crippen molar-refractivity contribution < 1.29 is 4.74 Å². The first-order chi connectivity index (χ1) is 11.6. The van der Waals surface area contributed by atoms with E-state index >= 15 is 0 Å². The first kappa shape index (κ1) is 17.7. The van der Waals surface area contributed by atoms with Gasteiger partial charge in [-0.1, -0.05) is 19.9 Å². The number of ether oxygens (including phenoxy) is 1. The van der Waals surface area contributed by atoms with Crippen LogP contribution in [-0.4, -0.2) is 68.7 Å². The van der Waals surface area contributed by atoms with E-state index in [0.29, 0.717) is 11.5 Å². The van der Waals surface area contributed by atoms with E-state index in [2.05, 4.69) is 51.5 Å². The lowest BCUT2D eigenvalue weighted by atomic mass is 9.93. The monoisotopic (exact) mass is 350 g/mol. The minimum atomic E-state index is 0.384. The topological polar surface area (TPSA) is 40.1 Å². The summed E-state index contributed by atoms with van der Waals surface area (Å²) in [6.07, 6.45) is 1.23. The molecule has 2 aliphatic rings. The molecule has 0 aliphatic carbocycles. The van der Waals surface area contributed by atoms with Gasteiger partial charge in [-0.3, -0.25) is 9.89 Å². The molecule has 2 aliphatic heterocycles. The Kier molecular flexibility index (Phi) is 5.79. The van der Waals surface area contributed by atoms with E-state index in [9.17, 15) is 0 Å². The van der Waals surface area contributed by atoms with Crippen LogP contribution in [0.4, 0.5) is 0 Å². The Hall–Kier alpha value is -1.11. The van der Waals surface area contributed by atoms with Crippen molar-refractivity contribution in [3.8, 4) is 0 Å². The number of rotatable bonds is 4. The smallest absolute Gasteiger partial charge is 0.193 e. The molecule has 134 valence electrons. The zero-order chi connectivity index (χ0) is 17.0. The minimum Gasteiger partial charge on any atom is -0.379 e. The molecule has 0 bridgehead atoms. The summed E-state index contributed by atoms with van der Waals surface area (Å²) in [7, 11) is 1.89. The Bertz CT molecular complexity index is 537. The average Bonchev–Trinajstić information content (AvgIpc) is 3.22. The Balaban J connectivity index is 1.64. The molecule has 1 aromatic heterocycles. The lowest BCUT2D eigenvalue weighted by Gasteiger charge is -2.35. The van der Waals surface area contributed by atoms with Crippen molar-refractivity contribution in [2.24, 2.45) is 10.4 Å². The normalized spacial score (nSPS) is 23.5. The number of likely N-dealkylation sites (tertiary alicyclic amines) is 1. The van der Waals surface area contributed by atoms with Crippen molar-refractivity contribution in [2.75, 3.05) is 53.0 Å². The van der Waals surface area contributed by atoms with E-state index in [-0.39, 0.29) is 0 Å². The highest BCUT2D eigenvalue weighted by molar-refractivity contribution is 7.10. The summed E-state index contributed by atoms with van der Waals surface area (Å²) >= 11 is 1.84. The average molecular weight is 351 g/mol. The summed E-state index contributed by atoms with van der Waals surface area (Å²) in [6.45, 7) is 11.4. The third kappa shape index (κ3) is 4.29. The minimum absolute atomic E-state index is 0.384. The van der Waals surface area contributed by atoms with Gasteiger partial charge in [-0.15, -0.1) is 11.3 Å². The van der Waals surface area contributed by atoms with Crippen molar-refractivity contribution in [1.82, 2.24) is 15.1 Å². The molecule has 0 radical (unpaired) electrons. The number of hydrogen-bond acceptors (Lipinski definition) is 4. The molecule has 1 atom stereocenters. The molecule has 1 aromatic rings. The number of hydrogen-bond donors (Lipinski definition) is 1. The van der Waals surface area contributed by atoms with Crippen molar-refractivity contribution in [1.29, 1.82) is 0 Å². The molecule has 3 heterocycles. The third-order valence-electron chi connectivity index (χ3n) is 5.00. The van der Waals surface area contributed by atoms with Crippen molar-refractivity contribution in [3.63, 3.8) is 0 Å². The molecule has 6 heteroatoms. The van der Waals surface area contributed by atoms with Crippen LogP contribution in [-0.2, 0) is 4.74 Å². The van der Waals surface area contributed by atoms with E-state index in [4.69, 9.17) is 4.74 Å². The van der Waals surface area contributed by atoms with Crippen LogP contribution in [0.3, 0.4) is 0 Å². The maximum Gasteiger partial charge on any atom is 0.193 e. The van der Waals surface area contributed by atoms with Crippen LogP contribution in [0.2, 0.25) is 0 Å². The molecule has 1 unspecified atom stereocenters. The SMILES string of the molecule is CN=C(NCC(c1cccs1)N1CCOCC1)N1CCC(C)(C)C1. The van der Waals surface area contributed by atoms with E-state index in [1.807, 2.05) is 18.4 Å². The third-order valence-corrected chi connectivity index (χ3v) is 5.97. The second-order valence-corrected chi connectivity index (χ2v) is 8.42. The second-order valence-electron chi connectivity index (χ2n) is 7.44. The van der Waals surface area contributed by atoms with Crippen LogP contribution in [0.1, 0.15) is 31.2 Å². The number of nitrogens with zero attached hydrogens (tertiary/aromatic N) is 3. The van der Waals surface area contributed by atoms with Gasteiger partial charge in [0.2, 0.25) is 0 Å². The van der Waals surface area contributed by atoms with Gasteiger partial charge in [-0.05, 0) is 23.3 Å². The first-order valence-corrected chi connectivity index (χ1v) is 9.78. The lowest BCUT2D eigenvalue weighted by molar-refractivity contribution is 0.0176. The molecule has 5 nitrogen and oxygen atoms in total. The van der Waals surface area contributed by atoms with E-state index in [0.717, 1.165) is 51.9 Å². The fourth-order valence-electron chi connectivity index (χ4n) is 3.59. The van der Waals surface area contributed by atoms with E-state index in [1.54, 1.807) is 0 Å². The van der Waals surface area contributed by atoms with Crippen molar-refractivity contribution >= 4 is 17.3 Å². The summed E-state index contributed by atoms with van der Waals surface area (Å²) in [5, 5.41) is 5.80. The predicted octanol–water partition coefficient (Wildman–Crippen LogP) is 2.43. The number of thiophene rings is 1. The highest BCUT2D eigenvalue weighted by Gasteiger charge is 2.31. The molecule has 0 spiro atoms. The zero-order valence-corrected chi connectivity index (χ0v) is 15.9. The molecule has 2 saturated heterocycles. The zero-order valence-electron chi connectivity index (χ0n) is 15.1. The molecule has 2 fully saturated rings. The summed E-state index contributed by atoms with van der Waals surface area (Å²) in [4.78, 5) is 10.9. The van der Waals surface area contributed by atoms with E-state index in [1.165, 1.54) is 11.3 Å². The van der Waals surface area contributed by atoms with Gasteiger partial charge in [0.05, 0.1) is 19.3 Å². The molecule has 0 saturated carbocycles. The van der Waals surface area contributed by atoms with Gasteiger partial charge in [-0.25, -0.2) is 0 Å². The Labute approximate surface area is 149 Å². The molecule has 0 amide bonds. The number of nitrogens with one attached hydrogen (secondary N) is 1. The summed E-state index contributed by atoms with van der Waals surface area (Å²) in [5.74, 6) is 1.04. The molecular weight excluding hydrogens is 320 g/mol. The van der Waals surface area contributed by atoms with Gasteiger partial charge in [0, 0.05) is 44.6 Å². The number of aliphatic imine (C=N–C) groups is 1. The van der Waals surface area contributed by atoms with Gasteiger partial charge >= 0.3 is 0 Å². The van der Waals surface area contributed by atoms with Crippen LogP contribution in [0.25, 0.3) is 0 Å². The number of morpholine rings is 1. The highest BCUT2D eigenvalue weighted by atomic mass is 32.1. The predicted molar refractivity (Wildman–Crippen MR) is 101 cm³/mol. The van der Waals surface area contributed by atoms with Crippen molar-refractivity contribution in [2.45, 2.75) is 26.3 Å². The van der Waals surface area contributed by atoms with Gasteiger partial charge in [0.25, 0.3) is 0 Å². The summed E-state index contributed by atoms with van der Waals surface area (Å²) in [6, 6.07) is 4.78. The largest absolute Gasteiger partial charge is 0.379 e. The van der Waals surface area contributed by atoms with E-state index < -0.39 is 0 Å². The lowest BCUT2D eigenvalue weighted by Crippen LogP contribution is -2.47. The Morgan fingerprint density at radius 3 is 2.75 bits per heavy atom. The highest BCUT2D eigenvalue weighted by Crippen LogP contribution is 2.29. The summed E-state index contributed by atoms with van der Waals surface area (Å²) < 4.78 is 5.53. The molecular formula is C18H30N4OS. The molecule has 3 rings (SSSR count). The van der Waals surface area contributed by atoms with Gasteiger partial charge in [0.15, 0.2) is 5.96 Å². The molecule has 0 aromatic carbocycles. The Morgan fingerprint density at radius 1 is 1.38 bits per heavy atom. The molecule has 1 N–H and O–H groups in total. The van der Waals surface area contributed by atoms with Crippen LogP contribution in [0.15, 0.2) is 22.5 Å². The van der Waals surface area contributed by atoms with Gasteiger partial charge in [-0.2, -0.15) is 0 Å². The first-order valence-electron chi connectivity index (χ1n) is 8.90. The van der Waals surface area contributed by atoms with Crippen molar-refractivity contribution in [3.05, 3.63) is 22.4 Å². The number of guanidine groups is 1. The second kappa shape index (κ2) is 7.85. The van der Waals surface area contributed by atoms with Crippen LogP contribution >= 0.6 is 11.3 Å². The maximum absolute atomic E-state index is 5.53. The Morgan fingerprint density at radius 2 is 2.17 bits per heavy atom. The quantitative estimate of drug-likeness (QED) is 0.669. The van der Waals surface area contributed by atoms with Gasteiger partial charge in [0.1, 0.15) is 0 Å². The van der Waals surface area contributed by atoms with Crippen LogP contribution in [0.5, 0.6) is 0 Å². The van der Waals surface area contributed by atoms with Crippen LogP contribution < -0.4 is 5.32 Å². The summed E-state index contributed by atoms with van der Waals surface area (Å²) in [5.41, 5.74) is 0.384. The molecule has 24 heavy (non-hydrogen) atoms. The maximum atomic E-state index is 5.53. The van der Waals surface area contributed by atoms with Crippen LogP contribution in [0, 0.1) is 5.41 Å². The fourth-order valence-corrected chi connectivity index (χ4v) is 4.45.